The largest absolute Gasteiger partial charge is 0.496 e. The molecular weight excluding hydrogens is 238 g/mol. The van der Waals surface area contributed by atoms with E-state index >= 15 is 0 Å². The molecule has 106 valence electrons. The Bertz CT molecular complexity index is 390. The molecule has 0 spiro atoms. The molecule has 0 aliphatic heterocycles. The summed E-state index contributed by atoms with van der Waals surface area (Å²) >= 11 is 0. The third-order valence-electron chi connectivity index (χ3n) is 3.68. The highest BCUT2D eigenvalue weighted by atomic mass is 16.5. The third-order valence-corrected chi connectivity index (χ3v) is 3.68. The quantitative estimate of drug-likeness (QED) is 0.783. The Morgan fingerprint density at radius 3 is 2.74 bits per heavy atom. The molecule has 2 rings (SSSR count). The van der Waals surface area contributed by atoms with E-state index in [-0.39, 0.29) is 0 Å². The SMILES string of the molecule is CCCN(CC1CC1)CC(O)c1ccccc1OC. The van der Waals surface area contributed by atoms with E-state index in [9.17, 15) is 5.11 Å². The number of ether oxygens (including phenoxy) is 1. The number of hydrogen-bond donors (Lipinski definition) is 1. The number of benzene rings is 1. The highest BCUT2D eigenvalue weighted by Gasteiger charge is 2.25. The fourth-order valence-electron chi connectivity index (χ4n) is 2.52. The molecule has 0 radical (unpaired) electrons. The molecule has 3 heteroatoms. The van der Waals surface area contributed by atoms with Gasteiger partial charge in [-0.25, -0.2) is 0 Å². The van der Waals surface area contributed by atoms with Crippen LogP contribution in [0.1, 0.15) is 37.9 Å². The molecule has 1 aliphatic carbocycles. The van der Waals surface area contributed by atoms with Crippen LogP contribution < -0.4 is 4.74 Å². The first kappa shape index (κ1) is 14.4. The minimum atomic E-state index is -0.471. The van der Waals surface area contributed by atoms with Gasteiger partial charge in [0.15, 0.2) is 0 Å². The second-order valence-electron chi connectivity index (χ2n) is 5.46. The minimum absolute atomic E-state index is 0.471. The Kier molecular flexibility index (Phi) is 5.23. The third kappa shape index (κ3) is 4.22. The number of aliphatic hydroxyl groups excluding tert-OH is 1. The standard InChI is InChI=1S/C16H25NO2/c1-3-10-17(11-13-8-9-13)12-15(18)14-6-4-5-7-16(14)19-2/h4-7,13,15,18H,3,8-12H2,1-2H3. The highest BCUT2D eigenvalue weighted by Crippen LogP contribution is 2.31. The Morgan fingerprint density at radius 1 is 1.37 bits per heavy atom. The monoisotopic (exact) mass is 263 g/mol. The van der Waals surface area contributed by atoms with Gasteiger partial charge < -0.3 is 14.7 Å². The first-order valence-electron chi connectivity index (χ1n) is 7.28. The minimum Gasteiger partial charge on any atom is -0.496 e. The first-order chi connectivity index (χ1) is 9.24. The maximum absolute atomic E-state index is 10.4. The molecule has 3 nitrogen and oxygen atoms in total. The summed E-state index contributed by atoms with van der Waals surface area (Å²) in [7, 11) is 1.65. The fraction of sp³-hybridized carbons (Fsp3) is 0.625. The summed E-state index contributed by atoms with van der Waals surface area (Å²) in [6.07, 6.45) is 3.36. The van der Waals surface area contributed by atoms with Gasteiger partial charge in [0, 0.05) is 18.7 Å². The molecular formula is C16H25NO2. The summed E-state index contributed by atoms with van der Waals surface area (Å²) in [5.41, 5.74) is 0.891. The van der Waals surface area contributed by atoms with E-state index in [1.165, 1.54) is 12.8 Å². The number of nitrogens with zero attached hydrogens (tertiary/aromatic N) is 1. The number of aliphatic hydroxyl groups is 1. The summed E-state index contributed by atoms with van der Waals surface area (Å²) in [5.74, 6) is 1.63. The van der Waals surface area contributed by atoms with Crippen LogP contribution in [0.25, 0.3) is 0 Å². The van der Waals surface area contributed by atoms with Crippen molar-refractivity contribution in [1.82, 2.24) is 4.90 Å². The van der Waals surface area contributed by atoms with E-state index < -0.39 is 6.10 Å². The van der Waals surface area contributed by atoms with Crippen LogP contribution in [0.15, 0.2) is 24.3 Å². The molecule has 1 aromatic rings. The smallest absolute Gasteiger partial charge is 0.124 e. The van der Waals surface area contributed by atoms with Gasteiger partial charge in [-0.2, -0.15) is 0 Å². The lowest BCUT2D eigenvalue weighted by molar-refractivity contribution is 0.108. The zero-order valence-corrected chi connectivity index (χ0v) is 12.0. The summed E-state index contributed by atoms with van der Waals surface area (Å²) in [6, 6.07) is 7.74. The Morgan fingerprint density at radius 2 is 2.11 bits per heavy atom. The van der Waals surface area contributed by atoms with Crippen LogP contribution >= 0.6 is 0 Å². The van der Waals surface area contributed by atoms with Crippen molar-refractivity contribution in [2.75, 3.05) is 26.7 Å². The summed E-state index contributed by atoms with van der Waals surface area (Å²) in [6.45, 7) is 5.07. The molecule has 1 fully saturated rings. The number of methoxy groups -OCH3 is 1. The molecule has 0 heterocycles. The maximum atomic E-state index is 10.4. The van der Waals surface area contributed by atoms with Gasteiger partial charge in [0.25, 0.3) is 0 Å². The van der Waals surface area contributed by atoms with Crippen LogP contribution in [0.2, 0.25) is 0 Å². The van der Waals surface area contributed by atoms with E-state index in [1.807, 2.05) is 24.3 Å². The lowest BCUT2D eigenvalue weighted by Gasteiger charge is -2.25. The Balaban J connectivity index is 1.98. The van der Waals surface area contributed by atoms with Crippen molar-refractivity contribution in [1.29, 1.82) is 0 Å². The van der Waals surface area contributed by atoms with Crippen LogP contribution in [0.4, 0.5) is 0 Å². The Labute approximate surface area is 116 Å². The number of rotatable bonds is 8. The second-order valence-corrected chi connectivity index (χ2v) is 5.46. The van der Waals surface area contributed by atoms with Gasteiger partial charge in [0.1, 0.15) is 5.75 Å². The van der Waals surface area contributed by atoms with Crippen LogP contribution in [-0.4, -0.2) is 36.8 Å². The summed E-state index contributed by atoms with van der Waals surface area (Å²) in [5, 5.41) is 10.4. The van der Waals surface area contributed by atoms with Gasteiger partial charge in [-0.1, -0.05) is 25.1 Å². The predicted octanol–water partition coefficient (Wildman–Crippen LogP) is 2.85. The van der Waals surface area contributed by atoms with Gasteiger partial charge in [0.2, 0.25) is 0 Å². The predicted molar refractivity (Wildman–Crippen MR) is 77.4 cm³/mol. The van der Waals surface area contributed by atoms with Gasteiger partial charge in [0.05, 0.1) is 13.2 Å². The summed E-state index contributed by atoms with van der Waals surface area (Å²) in [4.78, 5) is 2.38. The molecule has 1 atom stereocenters. The molecule has 1 unspecified atom stereocenters. The maximum Gasteiger partial charge on any atom is 0.124 e. The summed E-state index contributed by atoms with van der Waals surface area (Å²) < 4.78 is 5.32. The molecule has 0 aromatic heterocycles. The van der Waals surface area contributed by atoms with Gasteiger partial charge >= 0.3 is 0 Å². The fourth-order valence-corrected chi connectivity index (χ4v) is 2.52. The second kappa shape index (κ2) is 6.92. The van der Waals surface area contributed by atoms with E-state index in [0.29, 0.717) is 6.54 Å². The molecule has 1 saturated carbocycles. The van der Waals surface area contributed by atoms with Gasteiger partial charge in [-0.05, 0) is 37.8 Å². The normalized spacial score (nSPS) is 16.6. The highest BCUT2D eigenvalue weighted by molar-refractivity contribution is 5.35. The van der Waals surface area contributed by atoms with Gasteiger partial charge in [-0.15, -0.1) is 0 Å². The molecule has 19 heavy (non-hydrogen) atoms. The Hall–Kier alpha value is -1.06. The lowest BCUT2D eigenvalue weighted by Crippen LogP contribution is -2.31. The van der Waals surface area contributed by atoms with Crippen molar-refractivity contribution in [2.24, 2.45) is 5.92 Å². The zero-order chi connectivity index (χ0) is 13.7. The van der Waals surface area contributed by atoms with E-state index in [2.05, 4.69) is 11.8 Å². The topological polar surface area (TPSA) is 32.7 Å². The van der Waals surface area contributed by atoms with Crippen molar-refractivity contribution >= 4 is 0 Å². The molecule has 0 saturated heterocycles. The average Bonchev–Trinajstić information content (AvgIpc) is 3.22. The van der Waals surface area contributed by atoms with Crippen molar-refractivity contribution in [3.05, 3.63) is 29.8 Å². The van der Waals surface area contributed by atoms with Crippen LogP contribution in [-0.2, 0) is 0 Å². The van der Waals surface area contributed by atoms with Crippen molar-refractivity contribution in [3.63, 3.8) is 0 Å². The van der Waals surface area contributed by atoms with E-state index in [0.717, 1.165) is 36.7 Å². The van der Waals surface area contributed by atoms with Crippen molar-refractivity contribution < 1.29 is 9.84 Å². The van der Waals surface area contributed by atoms with Crippen LogP contribution in [0, 0.1) is 5.92 Å². The molecule has 0 bridgehead atoms. The van der Waals surface area contributed by atoms with Crippen molar-refractivity contribution in [2.45, 2.75) is 32.3 Å². The van der Waals surface area contributed by atoms with Crippen LogP contribution in [0.5, 0.6) is 5.75 Å². The molecule has 1 aliphatic rings. The van der Waals surface area contributed by atoms with Crippen molar-refractivity contribution in [3.8, 4) is 5.75 Å². The molecule has 0 amide bonds. The molecule has 1 N–H and O–H groups in total. The average molecular weight is 263 g/mol. The van der Waals surface area contributed by atoms with Crippen LogP contribution in [0.3, 0.4) is 0 Å². The lowest BCUT2D eigenvalue weighted by atomic mass is 10.1. The number of para-hydroxylation sites is 1. The number of hydrogen-bond acceptors (Lipinski definition) is 3. The first-order valence-corrected chi connectivity index (χ1v) is 7.28. The van der Waals surface area contributed by atoms with E-state index in [4.69, 9.17) is 4.74 Å². The zero-order valence-electron chi connectivity index (χ0n) is 12.0. The molecule has 1 aromatic carbocycles. The van der Waals surface area contributed by atoms with Gasteiger partial charge in [-0.3, -0.25) is 0 Å². The van der Waals surface area contributed by atoms with E-state index in [1.54, 1.807) is 7.11 Å².